The van der Waals surface area contributed by atoms with Gasteiger partial charge in [-0.05, 0) is 18.4 Å². The number of halogens is 2. The van der Waals surface area contributed by atoms with E-state index in [1.165, 1.54) is 4.90 Å². The Labute approximate surface area is 144 Å². The molecule has 3 atom stereocenters. The van der Waals surface area contributed by atoms with Crippen molar-refractivity contribution in [1.29, 1.82) is 0 Å². The molecule has 136 valence electrons. The Balaban J connectivity index is 1.52. The molecule has 25 heavy (non-hydrogen) atoms. The maximum absolute atomic E-state index is 13.4. The topological polar surface area (TPSA) is 58.4 Å². The average Bonchev–Trinajstić information content (AvgIpc) is 3.12. The third kappa shape index (κ3) is 3.02. The van der Waals surface area contributed by atoms with Gasteiger partial charge in [0.2, 0.25) is 11.8 Å². The number of carbonyl (C=O) groups is 2. The van der Waals surface area contributed by atoms with Crippen molar-refractivity contribution in [3.63, 3.8) is 0 Å². The highest BCUT2D eigenvalue weighted by Crippen LogP contribution is 2.40. The molecule has 2 amide bonds. The van der Waals surface area contributed by atoms with Gasteiger partial charge in [0, 0.05) is 38.0 Å². The van der Waals surface area contributed by atoms with Crippen LogP contribution in [-0.4, -0.2) is 57.0 Å². The molecule has 0 aromatic carbocycles. The van der Waals surface area contributed by atoms with Gasteiger partial charge < -0.3 is 9.80 Å². The fourth-order valence-electron chi connectivity index (χ4n) is 3.81. The van der Waals surface area contributed by atoms with Gasteiger partial charge in [-0.25, -0.2) is 8.78 Å². The number of hydrogen-bond donors (Lipinski definition) is 0. The predicted octanol–water partition coefficient (Wildman–Crippen LogP) is 1.68. The van der Waals surface area contributed by atoms with Gasteiger partial charge in [-0.3, -0.25) is 14.3 Å². The number of amides is 2. The van der Waals surface area contributed by atoms with Gasteiger partial charge in [-0.2, -0.15) is 5.10 Å². The molecule has 0 unspecified atom stereocenters. The highest BCUT2D eigenvalue weighted by atomic mass is 19.3. The number of carbonyl (C=O) groups excluding carboxylic acids is 2. The smallest absolute Gasteiger partial charge is 0.251 e. The second-order valence-corrected chi connectivity index (χ2v) is 7.50. The molecule has 3 aliphatic rings. The molecule has 0 N–H and O–H groups in total. The largest absolute Gasteiger partial charge is 0.340 e. The van der Waals surface area contributed by atoms with Crippen LogP contribution in [0.5, 0.6) is 0 Å². The first-order chi connectivity index (χ1) is 11.9. The van der Waals surface area contributed by atoms with Crippen molar-refractivity contribution in [2.45, 2.75) is 44.7 Å². The number of likely N-dealkylation sites (tertiary alicyclic amines) is 1. The van der Waals surface area contributed by atoms with E-state index in [0.717, 1.165) is 12.1 Å². The van der Waals surface area contributed by atoms with Gasteiger partial charge in [0.05, 0.1) is 18.8 Å². The molecular formula is C17H22F2N4O2. The van der Waals surface area contributed by atoms with Crippen LogP contribution in [0.4, 0.5) is 8.78 Å². The lowest BCUT2D eigenvalue weighted by Gasteiger charge is -2.38. The standard InChI is InChI=1S/C17H22F2N4O2/c1-11-8-13(11)15(24)22-9-12-2-5-20-23(12)14(10-22)16(25)21-6-3-17(18,19)4-7-21/h2,5,11,13-14H,3-4,6-10H2,1H3/t11-,13+,14-/m1/s1. The minimum Gasteiger partial charge on any atom is -0.340 e. The van der Waals surface area contributed by atoms with Crippen molar-refractivity contribution in [1.82, 2.24) is 19.6 Å². The Kier molecular flexibility index (Phi) is 3.81. The van der Waals surface area contributed by atoms with E-state index >= 15 is 0 Å². The zero-order valence-corrected chi connectivity index (χ0v) is 14.2. The van der Waals surface area contributed by atoms with Crippen LogP contribution in [0, 0.1) is 11.8 Å². The van der Waals surface area contributed by atoms with Crippen LogP contribution in [0.1, 0.15) is 37.9 Å². The second kappa shape index (κ2) is 5.78. The van der Waals surface area contributed by atoms with E-state index in [-0.39, 0.29) is 50.2 Å². The molecule has 1 aliphatic carbocycles. The minimum atomic E-state index is -2.69. The summed E-state index contributed by atoms with van der Waals surface area (Å²) in [5.74, 6) is -2.37. The lowest BCUT2D eigenvalue weighted by molar-refractivity contribution is -0.144. The van der Waals surface area contributed by atoms with Crippen LogP contribution in [0.3, 0.4) is 0 Å². The average molecular weight is 352 g/mol. The van der Waals surface area contributed by atoms with Gasteiger partial charge in [-0.15, -0.1) is 0 Å². The van der Waals surface area contributed by atoms with E-state index in [0.29, 0.717) is 12.5 Å². The summed E-state index contributed by atoms with van der Waals surface area (Å²) in [5, 5.41) is 4.23. The maximum atomic E-state index is 13.4. The molecule has 1 saturated carbocycles. The Hall–Kier alpha value is -1.99. The SMILES string of the molecule is C[C@@H]1C[C@@H]1C(=O)N1Cc2ccnn2[C@@H](C(=O)N2CCC(F)(F)CC2)C1. The van der Waals surface area contributed by atoms with Crippen LogP contribution in [0.2, 0.25) is 0 Å². The van der Waals surface area contributed by atoms with Crippen molar-refractivity contribution in [3.05, 3.63) is 18.0 Å². The summed E-state index contributed by atoms with van der Waals surface area (Å²) in [4.78, 5) is 28.7. The van der Waals surface area contributed by atoms with E-state index in [9.17, 15) is 18.4 Å². The van der Waals surface area contributed by atoms with E-state index in [1.807, 2.05) is 6.92 Å². The molecule has 0 bridgehead atoms. The normalized spacial score (nSPS) is 30.8. The monoisotopic (exact) mass is 352 g/mol. The number of aromatic nitrogens is 2. The molecular weight excluding hydrogens is 330 g/mol. The molecule has 2 aliphatic heterocycles. The number of hydrogen-bond acceptors (Lipinski definition) is 3. The maximum Gasteiger partial charge on any atom is 0.251 e. The molecule has 8 heteroatoms. The van der Waals surface area contributed by atoms with Crippen LogP contribution >= 0.6 is 0 Å². The van der Waals surface area contributed by atoms with E-state index < -0.39 is 12.0 Å². The first-order valence-electron chi connectivity index (χ1n) is 8.83. The number of nitrogens with zero attached hydrogens (tertiary/aromatic N) is 4. The molecule has 0 radical (unpaired) electrons. The van der Waals surface area contributed by atoms with Crippen LogP contribution in [-0.2, 0) is 16.1 Å². The van der Waals surface area contributed by atoms with Crippen molar-refractivity contribution in [2.75, 3.05) is 19.6 Å². The summed E-state index contributed by atoms with van der Waals surface area (Å²) in [5.41, 5.74) is 0.814. The lowest BCUT2D eigenvalue weighted by atomic mass is 10.0. The Morgan fingerprint density at radius 1 is 1.20 bits per heavy atom. The highest BCUT2D eigenvalue weighted by molar-refractivity contribution is 5.85. The first-order valence-corrected chi connectivity index (χ1v) is 8.83. The lowest BCUT2D eigenvalue weighted by Crippen LogP contribution is -2.51. The molecule has 2 fully saturated rings. The van der Waals surface area contributed by atoms with E-state index in [4.69, 9.17) is 0 Å². The summed E-state index contributed by atoms with van der Waals surface area (Å²) in [6, 6.07) is 1.18. The first kappa shape index (κ1) is 16.5. The molecule has 1 aromatic rings. The van der Waals surface area contributed by atoms with Crippen LogP contribution < -0.4 is 0 Å². The predicted molar refractivity (Wildman–Crippen MR) is 84.7 cm³/mol. The highest BCUT2D eigenvalue weighted by Gasteiger charge is 2.45. The van der Waals surface area contributed by atoms with Gasteiger partial charge >= 0.3 is 0 Å². The quantitative estimate of drug-likeness (QED) is 0.814. The number of fused-ring (bicyclic) bond motifs is 1. The van der Waals surface area contributed by atoms with Gasteiger partial charge in [0.1, 0.15) is 6.04 Å². The summed E-state index contributed by atoms with van der Waals surface area (Å²) >= 11 is 0. The summed E-state index contributed by atoms with van der Waals surface area (Å²) in [6.07, 6.45) is 1.90. The van der Waals surface area contributed by atoms with Crippen LogP contribution in [0.15, 0.2) is 12.3 Å². The van der Waals surface area contributed by atoms with Crippen molar-refractivity contribution < 1.29 is 18.4 Å². The third-order valence-electron chi connectivity index (χ3n) is 5.62. The molecule has 6 nitrogen and oxygen atoms in total. The third-order valence-corrected chi connectivity index (χ3v) is 5.62. The summed E-state index contributed by atoms with van der Waals surface area (Å²) < 4.78 is 28.4. The minimum absolute atomic E-state index is 0.0482. The number of rotatable bonds is 2. The number of alkyl halides is 2. The van der Waals surface area contributed by atoms with Gasteiger partial charge in [-0.1, -0.05) is 6.92 Å². The van der Waals surface area contributed by atoms with Crippen molar-refractivity contribution in [2.24, 2.45) is 11.8 Å². The van der Waals surface area contributed by atoms with Gasteiger partial charge in [0.25, 0.3) is 5.92 Å². The number of piperidine rings is 1. The van der Waals surface area contributed by atoms with Crippen molar-refractivity contribution in [3.8, 4) is 0 Å². The van der Waals surface area contributed by atoms with E-state index in [1.54, 1.807) is 21.8 Å². The zero-order valence-electron chi connectivity index (χ0n) is 14.2. The Morgan fingerprint density at radius 2 is 1.88 bits per heavy atom. The Bertz CT molecular complexity index is 695. The molecule has 4 rings (SSSR count). The molecule has 1 saturated heterocycles. The summed E-state index contributed by atoms with van der Waals surface area (Å²) in [6.45, 7) is 2.86. The van der Waals surface area contributed by atoms with Crippen LogP contribution in [0.25, 0.3) is 0 Å². The van der Waals surface area contributed by atoms with E-state index in [2.05, 4.69) is 5.10 Å². The Morgan fingerprint density at radius 3 is 2.52 bits per heavy atom. The summed E-state index contributed by atoms with van der Waals surface area (Å²) in [7, 11) is 0. The van der Waals surface area contributed by atoms with Crippen molar-refractivity contribution >= 4 is 11.8 Å². The fraction of sp³-hybridized carbons (Fsp3) is 0.706. The molecule has 0 spiro atoms. The molecule has 1 aromatic heterocycles. The zero-order chi connectivity index (χ0) is 17.8. The molecule has 3 heterocycles. The fourth-order valence-corrected chi connectivity index (χ4v) is 3.81. The second-order valence-electron chi connectivity index (χ2n) is 7.50. The van der Waals surface area contributed by atoms with Gasteiger partial charge in [0.15, 0.2) is 0 Å².